The molecule has 4 nitrogen and oxygen atoms in total. The summed E-state index contributed by atoms with van der Waals surface area (Å²) in [6, 6.07) is 7.38. The van der Waals surface area contributed by atoms with E-state index in [0.29, 0.717) is 11.3 Å². The molecule has 0 aliphatic heterocycles. The van der Waals surface area contributed by atoms with E-state index in [1.807, 2.05) is 36.0 Å². The molecule has 1 aliphatic carbocycles. The molecule has 0 bridgehead atoms. The Hall–Kier alpha value is -1.20. The van der Waals surface area contributed by atoms with Crippen molar-refractivity contribution in [2.45, 2.75) is 24.0 Å². The molecule has 0 radical (unpaired) electrons. The van der Waals surface area contributed by atoms with Gasteiger partial charge in [-0.3, -0.25) is 4.79 Å². The van der Waals surface area contributed by atoms with Gasteiger partial charge in [0.05, 0.1) is 13.7 Å². The van der Waals surface area contributed by atoms with E-state index in [1.54, 1.807) is 7.11 Å². The minimum atomic E-state index is -0.0196. The van der Waals surface area contributed by atoms with E-state index in [9.17, 15) is 4.79 Å². The Kier molecular flexibility index (Phi) is 5.31. The molecule has 1 aromatic rings. The third kappa shape index (κ3) is 3.90. The van der Waals surface area contributed by atoms with Gasteiger partial charge in [-0.2, -0.15) is 11.8 Å². The van der Waals surface area contributed by atoms with Gasteiger partial charge < -0.3 is 15.4 Å². The van der Waals surface area contributed by atoms with Crippen molar-refractivity contribution in [1.29, 1.82) is 0 Å². The van der Waals surface area contributed by atoms with E-state index in [2.05, 4.69) is 16.9 Å². The molecule has 0 spiro atoms. The van der Waals surface area contributed by atoms with Crippen LogP contribution in [0.1, 0.15) is 19.3 Å². The van der Waals surface area contributed by atoms with Crippen molar-refractivity contribution in [2.24, 2.45) is 0 Å². The molecular formula is C15H22N2O2S. The van der Waals surface area contributed by atoms with Gasteiger partial charge in [0.1, 0.15) is 5.75 Å². The van der Waals surface area contributed by atoms with Crippen molar-refractivity contribution in [3.8, 4) is 5.75 Å². The SMILES string of the molecule is COc1cccc(NC(=O)CNCC2(SC)CCC2)c1. The summed E-state index contributed by atoms with van der Waals surface area (Å²) in [4.78, 5) is 11.9. The number of ether oxygens (including phenoxy) is 1. The highest BCUT2D eigenvalue weighted by molar-refractivity contribution is 8.00. The molecule has 2 rings (SSSR count). The lowest BCUT2D eigenvalue weighted by Gasteiger charge is -2.40. The summed E-state index contributed by atoms with van der Waals surface area (Å²) in [6.07, 6.45) is 5.95. The first-order chi connectivity index (χ1) is 9.67. The lowest BCUT2D eigenvalue weighted by Crippen LogP contribution is -2.45. The number of nitrogens with one attached hydrogen (secondary N) is 2. The molecule has 1 saturated carbocycles. The first-order valence-corrected chi connectivity index (χ1v) is 8.10. The summed E-state index contributed by atoms with van der Waals surface area (Å²) in [5, 5.41) is 6.13. The van der Waals surface area contributed by atoms with Gasteiger partial charge in [0.25, 0.3) is 0 Å². The van der Waals surface area contributed by atoms with Gasteiger partial charge in [-0.15, -0.1) is 0 Å². The summed E-state index contributed by atoms with van der Waals surface area (Å²) in [6.45, 7) is 1.25. The fourth-order valence-corrected chi connectivity index (χ4v) is 3.28. The molecule has 5 heteroatoms. The summed E-state index contributed by atoms with van der Waals surface area (Å²) in [7, 11) is 1.61. The topological polar surface area (TPSA) is 50.4 Å². The molecule has 0 heterocycles. The Morgan fingerprint density at radius 1 is 1.45 bits per heavy atom. The van der Waals surface area contributed by atoms with Crippen LogP contribution in [0.4, 0.5) is 5.69 Å². The Balaban J connectivity index is 1.75. The van der Waals surface area contributed by atoms with Crippen molar-refractivity contribution < 1.29 is 9.53 Å². The molecule has 2 N–H and O–H groups in total. The third-order valence-corrected chi connectivity index (χ3v) is 5.20. The number of benzene rings is 1. The molecule has 0 unspecified atom stereocenters. The van der Waals surface area contributed by atoms with Gasteiger partial charge in [0.15, 0.2) is 0 Å². The molecule has 0 saturated heterocycles. The number of hydrogen-bond donors (Lipinski definition) is 2. The highest BCUT2D eigenvalue weighted by atomic mass is 32.2. The van der Waals surface area contributed by atoms with Crippen LogP contribution < -0.4 is 15.4 Å². The zero-order valence-corrected chi connectivity index (χ0v) is 12.9. The minimum Gasteiger partial charge on any atom is -0.497 e. The number of hydrogen-bond acceptors (Lipinski definition) is 4. The molecular weight excluding hydrogens is 272 g/mol. The van der Waals surface area contributed by atoms with E-state index in [-0.39, 0.29) is 5.91 Å². The third-order valence-electron chi connectivity index (χ3n) is 3.78. The largest absolute Gasteiger partial charge is 0.497 e. The fraction of sp³-hybridized carbons (Fsp3) is 0.533. The van der Waals surface area contributed by atoms with E-state index in [0.717, 1.165) is 18.0 Å². The number of carbonyl (C=O) groups excluding carboxylic acids is 1. The molecule has 1 amide bonds. The molecule has 0 aromatic heterocycles. The molecule has 20 heavy (non-hydrogen) atoms. The Morgan fingerprint density at radius 2 is 2.25 bits per heavy atom. The van der Waals surface area contributed by atoms with Crippen LogP contribution in [0.2, 0.25) is 0 Å². The average molecular weight is 294 g/mol. The lowest BCUT2D eigenvalue weighted by molar-refractivity contribution is -0.115. The lowest BCUT2D eigenvalue weighted by atomic mass is 9.84. The predicted molar refractivity (Wildman–Crippen MR) is 84.6 cm³/mol. The summed E-state index contributed by atoms with van der Waals surface area (Å²) in [5.41, 5.74) is 0.763. The van der Waals surface area contributed by atoms with E-state index in [4.69, 9.17) is 4.74 Å². The number of carbonyl (C=O) groups is 1. The van der Waals surface area contributed by atoms with E-state index in [1.165, 1.54) is 19.3 Å². The van der Waals surface area contributed by atoms with Gasteiger partial charge in [0, 0.05) is 23.0 Å². The van der Waals surface area contributed by atoms with Crippen molar-refractivity contribution in [2.75, 3.05) is 31.8 Å². The van der Waals surface area contributed by atoms with Crippen molar-refractivity contribution in [3.63, 3.8) is 0 Å². The number of methoxy groups -OCH3 is 1. The van der Waals surface area contributed by atoms with Crippen molar-refractivity contribution in [1.82, 2.24) is 5.32 Å². The Labute approximate surface area is 124 Å². The molecule has 1 aromatic carbocycles. The fourth-order valence-electron chi connectivity index (χ4n) is 2.33. The molecule has 0 atom stereocenters. The van der Waals surface area contributed by atoms with E-state index < -0.39 is 0 Å². The first-order valence-electron chi connectivity index (χ1n) is 6.87. The van der Waals surface area contributed by atoms with Gasteiger partial charge in [-0.1, -0.05) is 12.5 Å². The maximum atomic E-state index is 11.9. The van der Waals surface area contributed by atoms with Gasteiger partial charge in [0.2, 0.25) is 5.91 Å². The monoisotopic (exact) mass is 294 g/mol. The van der Waals surface area contributed by atoms with Crippen LogP contribution in [-0.2, 0) is 4.79 Å². The van der Waals surface area contributed by atoms with Gasteiger partial charge >= 0.3 is 0 Å². The number of rotatable bonds is 7. The second-order valence-corrected chi connectivity index (χ2v) is 6.40. The highest BCUT2D eigenvalue weighted by Gasteiger charge is 2.35. The molecule has 1 aliphatic rings. The van der Waals surface area contributed by atoms with Crippen LogP contribution in [-0.4, -0.2) is 37.1 Å². The van der Waals surface area contributed by atoms with Crippen LogP contribution in [0.5, 0.6) is 5.75 Å². The van der Waals surface area contributed by atoms with Gasteiger partial charge in [-0.25, -0.2) is 0 Å². The summed E-state index contributed by atoms with van der Waals surface area (Å²) >= 11 is 1.91. The highest BCUT2D eigenvalue weighted by Crippen LogP contribution is 2.42. The molecule has 1 fully saturated rings. The van der Waals surface area contributed by atoms with Crippen LogP contribution >= 0.6 is 11.8 Å². The average Bonchev–Trinajstić information content (AvgIpc) is 2.42. The van der Waals surface area contributed by atoms with Crippen LogP contribution in [0.15, 0.2) is 24.3 Å². The Bertz CT molecular complexity index is 455. The number of anilines is 1. The zero-order chi connectivity index (χ0) is 14.4. The maximum absolute atomic E-state index is 11.9. The number of amides is 1. The quantitative estimate of drug-likeness (QED) is 0.811. The van der Waals surface area contributed by atoms with Gasteiger partial charge in [-0.05, 0) is 31.2 Å². The summed E-state index contributed by atoms with van der Waals surface area (Å²) in [5.74, 6) is 0.723. The number of thioether (sulfide) groups is 1. The summed E-state index contributed by atoms with van der Waals surface area (Å²) < 4.78 is 5.49. The first kappa shape index (κ1) is 15.2. The van der Waals surface area contributed by atoms with Crippen molar-refractivity contribution in [3.05, 3.63) is 24.3 Å². The van der Waals surface area contributed by atoms with Crippen molar-refractivity contribution >= 4 is 23.4 Å². The zero-order valence-electron chi connectivity index (χ0n) is 12.1. The van der Waals surface area contributed by atoms with Crippen LogP contribution in [0, 0.1) is 0 Å². The second kappa shape index (κ2) is 6.99. The van der Waals surface area contributed by atoms with E-state index >= 15 is 0 Å². The second-order valence-electron chi connectivity index (χ2n) is 5.12. The predicted octanol–water partition coefficient (Wildman–Crippen LogP) is 2.51. The van der Waals surface area contributed by atoms with Crippen LogP contribution in [0.25, 0.3) is 0 Å². The normalized spacial score (nSPS) is 16.3. The minimum absolute atomic E-state index is 0.0196. The smallest absolute Gasteiger partial charge is 0.238 e. The Morgan fingerprint density at radius 3 is 2.85 bits per heavy atom. The van der Waals surface area contributed by atoms with Crippen LogP contribution in [0.3, 0.4) is 0 Å². The maximum Gasteiger partial charge on any atom is 0.238 e. The standard InChI is InChI=1S/C15H22N2O2S/c1-19-13-6-3-5-12(9-13)17-14(18)10-16-11-15(20-2)7-4-8-15/h3,5-6,9,16H,4,7-8,10-11H2,1-2H3,(H,17,18). The molecule has 110 valence electrons.